The van der Waals surface area contributed by atoms with Crippen molar-refractivity contribution >= 4 is 11.8 Å². The van der Waals surface area contributed by atoms with Gasteiger partial charge in [-0.05, 0) is 109 Å². The van der Waals surface area contributed by atoms with E-state index in [1.807, 2.05) is 0 Å². The number of aliphatic carboxylic acids is 1. The van der Waals surface area contributed by atoms with Gasteiger partial charge in [-0.3, -0.25) is 9.59 Å². The first kappa shape index (κ1) is 23.9. The first-order chi connectivity index (χ1) is 15.2. The number of Topliss-reactive ketones (excluding diaryl/α,β-unsaturated/α-hetero) is 1. The summed E-state index contributed by atoms with van der Waals surface area (Å²) in [4.78, 5) is 26.2. The largest absolute Gasteiger partial charge is 0.481 e. The average molecular weight is 457 g/mol. The third-order valence-electron chi connectivity index (χ3n) is 13.5. The Hall–Kier alpha value is -0.860. The van der Waals surface area contributed by atoms with Crippen LogP contribution < -0.4 is 0 Å². The Morgan fingerprint density at radius 3 is 2.12 bits per heavy atom. The van der Waals surface area contributed by atoms with Gasteiger partial charge in [-0.1, -0.05) is 48.5 Å². The molecule has 0 amide bonds. The molecule has 0 aromatic heterocycles. The Kier molecular flexibility index (Phi) is 4.97. The molecule has 0 aromatic rings. The molecule has 0 aromatic carbocycles. The van der Waals surface area contributed by atoms with Crippen molar-refractivity contribution in [2.45, 2.75) is 119 Å². The van der Waals surface area contributed by atoms with Crippen molar-refractivity contribution in [2.24, 2.45) is 56.2 Å². The standard InChI is InChI=1S/C30H48O3/c1-19-20(31)8-9-21-27(19,5)11-10-22-28(21,6)15-17-30(24(32)33)23-18-25(2,3)12-13-26(23,4)14-16-29(22,30)7/h19,21-23H,8-18H2,1-7H3,(H,32,33)/t19-,21+,22-,23+,26+,27+,28-,29+,30-/m0/s1. The second-order valence-corrected chi connectivity index (χ2v) is 15.2. The van der Waals surface area contributed by atoms with Gasteiger partial charge in [0.15, 0.2) is 0 Å². The molecule has 1 N–H and O–H groups in total. The Bertz CT molecular complexity index is 876. The first-order valence-electron chi connectivity index (χ1n) is 13.9. The fourth-order valence-electron chi connectivity index (χ4n) is 11.2. The van der Waals surface area contributed by atoms with Crippen LogP contribution >= 0.6 is 0 Å². The van der Waals surface area contributed by atoms with Crippen molar-refractivity contribution in [3.8, 4) is 0 Å². The van der Waals surface area contributed by atoms with E-state index in [9.17, 15) is 14.7 Å². The van der Waals surface area contributed by atoms with E-state index in [0.29, 0.717) is 17.6 Å². The van der Waals surface area contributed by atoms with Crippen LogP contribution in [0.3, 0.4) is 0 Å². The molecule has 33 heavy (non-hydrogen) atoms. The molecule has 5 aliphatic carbocycles. The van der Waals surface area contributed by atoms with E-state index in [1.54, 1.807) is 0 Å². The molecule has 0 spiro atoms. The molecular weight excluding hydrogens is 408 g/mol. The Morgan fingerprint density at radius 1 is 0.788 bits per heavy atom. The summed E-state index contributed by atoms with van der Waals surface area (Å²) in [7, 11) is 0. The SMILES string of the molecule is C[C@H]1C(=O)CC[C@@H]2[C@]1(C)CC[C@H]1[C@@]2(C)CC[C@@]2(C(=O)O)[C@@H]3CC(C)(C)CC[C@]3(C)CC[C@]12C. The molecule has 9 atom stereocenters. The first-order valence-corrected chi connectivity index (χ1v) is 13.9. The van der Waals surface area contributed by atoms with Crippen molar-refractivity contribution in [1.29, 1.82) is 0 Å². The van der Waals surface area contributed by atoms with Gasteiger partial charge in [0.2, 0.25) is 0 Å². The molecule has 0 aliphatic heterocycles. The zero-order valence-corrected chi connectivity index (χ0v) is 22.4. The van der Waals surface area contributed by atoms with Crippen LogP contribution in [0.4, 0.5) is 0 Å². The van der Waals surface area contributed by atoms with E-state index in [-0.39, 0.29) is 38.9 Å². The quantitative estimate of drug-likeness (QED) is 0.444. The second kappa shape index (κ2) is 6.88. The number of carbonyl (C=O) groups is 2. The topological polar surface area (TPSA) is 54.4 Å². The Morgan fingerprint density at radius 2 is 1.45 bits per heavy atom. The number of fused-ring (bicyclic) bond motifs is 7. The summed E-state index contributed by atoms with van der Waals surface area (Å²) in [6.07, 6.45) is 11.5. The number of carboxylic acids is 1. The fraction of sp³-hybridized carbons (Fsp3) is 0.933. The van der Waals surface area contributed by atoms with Gasteiger partial charge in [-0.25, -0.2) is 0 Å². The van der Waals surface area contributed by atoms with Crippen LogP contribution in [0.2, 0.25) is 0 Å². The van der Waals surface area contributed by atoms with Gasteiger partial charge >= 0.3 is 5.97 Å². The maximum absolute atomic E-state index is 13.5. The van der Waals surface area contributed by atoms with Crippen LogP contribution in [0.1, 0.15) is 119 Å². The minimum absolute atomic E-state index is 0.0795. The maximum Gasteiger partial charge on any atom is 0.310 e. The van der Waals surface area contributed by atoms with E-state index in [2.05, 4.69) is 48.5 Å². The van der Waals surface area contributed by atoms with Crippen LogP contribution in [0, 0.1) is 56.2 Å². The zero-order chi connectivity index (χ0) is 24.2. The van der Waals surface area contributed by atoms with Crippen LogP contribution in [0.25, 0.3) is 0 Å². The summed E-state index contributed by atoms with van der Waals surface area (Å²) < 4.78 is 0. The average Bonchev–Trinajstić information content (AvgIpc) is 2.72. The van der Waals surface area contributed by atoms with E-state index < -0.39 is 11.4 Å². The lowest BCUT2D eigenvalue weighted by Gasteiger charge is -2.73. The number of ketones is 1. The van der Waals surface area contributed by atoms with E-state index >= 15 is 0 Å². The van der Waals surface area contributed by atoms with E-state index in [0.717, 1.165) is 51.4 Å². The fourth-order valence-corrected chi connectivity index (χ4v) is 11.2. The minimum Gasteiger partial charge on any atom is -0.481 e. The van der Waals surface area contributed by atoms with Crippen LogP contribution in [0.15, 0.2) is 0 Å². The van der Waals surface area contributed by atoms with Crippen molar-refractivity contribution in [1.82, 2.24) is 0 Å². The summed E-state index contributed by atoms with van der Waals surface area (Å²) in [5, 5.41) is 11.1. The third-order valence-corrected chi connectivity index (χ3v) is 13.5. The number of carboxylic acid groups (broad SMARTS) is 1. The molecule has 0 unspecified atom stereocenters. The predicted octanol–water partition coefficient (Wildman–Crippen LogP) is 7.52. The number of hydrogen-bond acceptors (Lipinski definition) is 2. The molecule has 3 nitrogen and oxygen atoms in total. The van der Waals surface area contributed by atoms with Gasteiger partial charge in [0.25, 0.3) is 0 Å². The van der Waals surface area contributed by atoms with Crippen molar-refractivity contribution in [2.75, 3.05) is 0 Å². The molecule has 5 saturated carbocycles. The monoisotopic (exact) mass is 456 g/mol. The van der Waals surface area contributed by atoms with Crippen molar-refractivity contribution in [3.63, 3.8) is 0 Å². The number of rotatable bonds is 1. The summed E-state index contributed by atoms with van der Waals surface area (Å²) in [5.74, 6) is 1.35. The van der Waals surface area contributed by atoms with Gasteiger partial charge < -0.3 is 5.11 Å². The van der Waals surface area contributed by atoms with Crippen molar-refractivity contribution in [3.05, 3.63) is 0 Å². The van der Waals surface area contributed by atoms with Gasteiger partial charge in [0, 0.05) is 12.3 Å². The van der Waals surface area contributed by atoms with E-state index in [1.165, 1.54) is 19.3 Å². The molecule has 3 heteroatoms. The number of hydrogen-bond donors (Lipinski definition) is 1. The van der Waals surface area contributed by atoms with E-state index in [4.69, 9.17) is 0 Å². The summed E-state index contributed by atoms with van der Waals surface area (Å²) >= 11 is 0. The molecule has 0 radical (unpaired) electrons. The lowest BCUT2D eigenvalue weighted by molar-refractivity contribution is -0.262. The van der Waals surface area contributed by atoms with Gasteiger partial charge in [0.1, 0.15) is 5.78 Å². The normalized spacial score (nSPS) is 55.5. The zero-order valence-electron chi connectivity index (χ0n) is 22.4. The molecule has 5 fully saturated rings. The van der Waals surface area contributed by atoms with Crippen LogP contribution in [0.5, 0.6) is 0 Å². The Balaban J connectivity index is 1.61. The molecule has 186 valence electrons. The third kappa shape index (κ3) is 2.80. The van der Waals surface area contributed by atoms with Crippen molar-refractivity contribution < 1.29 is 14.7 Å². The Labute approximate surface area is 201 Å². The lowest BCUT2D eigenvalue weighted by atomic mass is 9.29. The summed E-state index contributed by atoms with van der Waals surface area (Å²) in [5.41, 5.74) is -0.142. The minimum atomic E-state index is -0.605. The van der Waals surface area contributed by atoms with Gasteiger partial charge in [0.05, 0.1) is 5.41 Å². The second-order valence-electron chi connectivity index (χ2n) is 15.2. The lowest BCUT2D eigenvalue weighted by Crippen LogP contribution is -2.70. The highest BCUT2D eigenvalue weighted by Crippen LogP contribution is 2.78. The van der Waals surface area contributed by atoms with Gasteiger partial charge in [-0.15, -0.1) is 0 Å². The van der Waals surface area contributed by atoms with Gasteiger partial charge in [-0.2, -0.15) is 0 Å². The molecule has 0 saturated heterocycles. The molecular formula is C30H48O3. The van der Waals surface area contributed by atoms with Crippen LogP contribution in [-0.2, 0) is 9.59 Å². The maximum atomic E-state index is 13.5. The molecule has 5 rings (SSSR count). The highest BCUT2D eigenvalue weighted by atomic mass is 16.4. The smallest absolute Gasteiger partial charge is 0.310 e. The summed E-state index contributed by atoms with van der Waals surface area (Å²) in [6, 6.07) is 0. The number of carbonyl (C=O) groups excluding carboxylic acids is 1. The molecule has 0 bridgehead atoms. The highest BCUT2D eigenvalue weighted by molar-refractivity contribution is 5.82. The predicted molar refractivity (Wildman–Crippen MR) is 132 cm³/mol. The molecule has 5 aliphatic rings. The highest BCUT2D eigenvalue weighted by Gasteiger charge is 2.74. The molecule has 0 heterocycles. The summed E-state index contributed by atoms with van der Waals surface area (Å²) in [6.45, 7) is 16.7. The van der Waals surface area contributed by atoms with Crippen LogP contribution in [-0.4, -0.2) is 16.9 Å².